The van der Waals surface area contributed by atoms with E-state index in [1.807, 2.05) is 74.5 Å². The number of carbonyl (C=O) groups is 4. The van der Waals surface area contributed by atoms with Crippen LogP contribution in [0.15, 0.2) is 60.7 Å². The number of unbranched alkanes of at least 4 members (excludes halogenated alkanes) is 1. The number of nitrogens with two attached hydrogens (primary N) is 1. The quantitative estimate of drug-likeness (QED) is 0.0808. The average molecular weight is 679 g/mol. The van der Waals surface area contributed by atoms with Gasteiger partial charge in [-0.1, -0.05) is 81.4 Å². The van der Waals surface area contributed by atoms with E-state index in [9.17, 15) is 29.2 Å². The Balaban J connectivity index is 1.70. The van der Waals surface area contributed by atoms with Crippen LogP contribution >= 0.6 is 0 Å². The van der Waals surface area contributed by atoms with Gasteiger partial charge in [0.05, 0.1) is 6.54 Å². The van der Waals surface area contributed by atoms with E-state index in [1.54, 1.807) is 4.90 Å². The maximum absolute atomic E-state index is 13.8. The molecule has 3 rings (SSSR count). The topological polar surface area (TPSA) is 186 Å². The third-order valence-corrected chi connectivity index (χ3v) is 8.90. The van der Waals surface area contributed by atoms with Crippen molar-refractivity contribution in [3.63, 3.8) is 0 Å². The number of rotatable bonds is 20. The van der Waals surface area contributed by atoms with Crippen LogP contribution in [0.1, 0.15) is 69.9 Å². The van der Waals surface area contributed by atoms with Crippen molar-refractivity contribution >= 4 is 30.7 Å². The van der Waals surface area contributed by atoms with Gasteiger partial charge in [-0.25, -0.2) is 0 Å². The molecule has 1 aliphatic heterocycles. The zero-order valence-electron chi connectivity index (χ0n) is 29.1. The molecule has 1 aliphatic rings. The van der Waals surface area contributed by atoms with E-state index in [0.29, 0.717) is 51.7 Å². The molecular weight excluding hydrogens is 623 g/mol. The molecule has 49 heavy (non-hydrogen) atoms. The summed E-state index contributed by atoms with van der Waals surface area (Å²) in [6.45, 7) is 7.53. The van der Waals surface area contributed by atoms with Crippen LogP contribution in [-0.2, 0) is 25.6 Å². The van der Waals surface area contributed by atoms with E-state index in [1.165, 1.54) is 0 Å². The number of likely N-dealkylation sites (tertiary alicyclic amines) is 1. The van der Waals surface area contributed by atoms with E-state index in [-0.39, 0.29) is 43.2 Å². The summed E-state index contributed by atoms with van der Waals surface area (Å²) in [4.78, 5) is 55.8. The predicted molar refractivity (Wildman–Crippen MR) is 191 cm³/mol. The van der Waals surface area contributed by atoms with Gasteiger partial charge >= 0.3 is 7.12 Å². The molecule has 1 saturated heterocycles. The molecule has 2 aromatic rings. The molecule has 268 valence electrons. The SMILES string of the molecule is CC(C)C[C@@H](NC(=O)[C@@H](Cc1ccccc1)NC(=O)CNC[C@H](C)c1ccccc1)C(=O)N[C@H](CCCCN)C(=O)N1CCC(B(O)O)C1. The first-order chi connectivity index (χ1) is 23.5. The molecule has 12 nitrogen and oxygen atoms in total. The molecule has 1 heterocycles. The molecule has 0 aromatic heterocycles. The van der Waals surface area contributed by atoms with Gasteiger partial charge in [-0.15, -0.1) is 0 Å². The Bertz CT molecular complexity index is 1320. The molecule has 0 spiro atoms. The Hall–Kier alpha value is -3.78. The van der Waals surface area contributed by atoms with E-state index < -0.39 is 42.9 Å². The van der Waals surface area contributed by atoms with Gasteiger partial charge in [0.15, 0.2) is 0 Å². The summed E-state index contributed by atoms with van der Waals surface area (Å²) in [6, 6.07) is 16.6. The van der Waals surface area contributed by atoms with Gasteiger partial charge in [0, 0.05) is 31.9 Å². The van der Waals surface area contributed by atoms with Crippen molar-refractivity contribution < 1.29 is 29.2 Å². The van der Waals surface area contributed by atoms with Crippen LogP contribution in [0.25, 0.3) is 0 Å². The largest absolute Gasteiger partial charge is 0.456 e. The average Bonchev–Trinajstić information content (AvgIpc) is 3.58. The normalized spacial score (nSPS) is 16.8. The first kappa shape index (κ1) is 39.7. The van der Waals surface area contributed by atoms with Crippen LogP contribution in [0.5, 0.6) is 0 Å². The van der Waals surface area contributed by atoms with Crippen molar-refractivity contribution in [3.05, 3.63) is 71.8 Å². The second-order valence-corrected chi connectivity index (χ2v) is 13.5. The van der Waals surface area contributed by atoms with Gasteiger partial charge in [0.2, 0.25) is 23.6 Å². The van der Waals surface area contributed by atoms with Crippen molar-refractivity contribution in [2.24, 2.45) is 11.7 Å². The minimum atomic E-state index is -1.52. The Morgan fingerprint density at radius 3 is 2.12 bits per heavy atom. The molecule has 0 saturated carbocycles. The first-order valence-electron chi connectivity index (χ1n) is 17.5. The molecule has 2 aromatic carbocycles. The molecule has 1 fully saturated rings. The molecule has 0 radical (unpaired) electrons. The lowest BCUT2D eigenvalue weighted by Gasteiger charge is -2.28. The molecule has 13 heteroatoms. The van der Waals surface area contributed by atoms with Crippen LogP contribution in [0.4, 0.5) is 0 Å². The van der Waals surface area contributed by atoms with Crippen molar-refractivity contribution in [1.29, 1.82) is 0 Å². The standard InChI is InChI=1S/C36H55BN6O6/c1-25(2)20-31(34(45)41-30(16-10-11-18-38)36(47)43-19-17-29(24-43)37(48)49)42-35(46)32(21-27-12-6-4-7-13-27)40-33(44)23-39-22-26(3)28-14-8-5-9-15-28/h4-9,12-15,25-26,29-32,39,48-49H,10-11,16-24,38H2,1-3H3,(H,40,44)(H,41,45)(H,42,46)/t26-,29?,30+,31+,32+/m0/s1. The maximum Gasteiger partial charge on any atom is 0.456 e. The van der Waals surface area contributed by atoms with Gasteiger partial charge in [-0.3, -0.25) is 19.2 Å². The summed E-state index contributed by atoms with van der Waals surface area (Å²) >= 11 is 0. The fourth-order valence-electron chi connectivity index (χ4n) is 6.06. The Morgan fingerprint density at radius 1 is 0.878 bits per heavy atom. The zero-order chi connectivity index (χ0) is 35.8. The highest BCUT2D eigenvalue weighted by atomic mass is 16.4. The fourth-order valence-corrected chi connectivity index (χ4v) is 6.06. The summed E-state index contributed by atoms with van der Waals surface area (Å²) in [5.41, 5.74) is 7.69. The van der Waals surface area contributed by atoms with Crippen molar-refractivity contribution in [1.82, 2.24) is 26.2 Å². The highest BCUT2D eigenvalue weighted by Crippen LogP contribution is 2.24. The lowest BCUT2D eigenvalue weighted by Crippen LogP contribution is -2.58. The van der Waals surface area contributed by atoms with Crippen LogP contribution in [-0.4, -0.2) is 96.5 Å². The van der Waals surface area contributed by atoms with Crippen molar-refractivity contribution in [2.45, 2.75) is 89.2 Å². The molecule has 0 aliphatic carbocycles. The number of benzene rings is 2. The minimum Gasteiger partial charge on any atom is -0.427 e. The van der Waals surface area contributed by atoms with Gasteiger partial charge in [-0.05, 0) is 61.6 Å². The van der Waals surface area contributed by atoms with Crippen LogP contribution in [0, 0.1) is 5.92 Å². The smallest absolute Gasteiger partial charge is 0.427 e. The Kier molecular flexibility index (Phi) is 16.7. The van der Waals surface area contributed by atoms with Crippen LogP contribution in [0.3, 0.4) is 0 Å². The summed E-state index contributed by atoms with van der Waals surface area (Å²) in [5, 5.41) is 31.0. The maximum atomic E-state index is 13.8. The number of nitrogens with zero attached hydrogens (tertiary/aromatic N) is 1. The van der Waals surface area contributed by atoms with Gasteiger partial charge in [-0.2, -0.15) is 0 Å². The monoisotopic (exact) mass is 678 g/mol. The second kappa shape index (κ2) is 20.7. The van der Waals surface area contributed by atoms with E-state index in [4.69, 9.17) is 5.73 Å². The van der Waals surface area contributed by atoms with Crippen molar-refractivity contribution in [2.75, 3.05) is 32.7 Å². The molecule has 0 bridgehead atoms. The number of hydrogen-bond acceptors (Lipinski definition) is 8. The van der Waals surface area contributed by atoms with E-state index >= 15 is 0 Å². The first-order valence-corrected chi connectivity index (χ1v) is 17.5. The highest BCUT2D eigenvalue weighted by molar-refractivity contribution is 6.43. The van der Waals surface area contributed by atoms with Gasteiger partial charge < -0.3 is 41.9 Å². The Labute approximate surface area is 291 Å². The second-order valence-electron chi connectivity index (χ2n) is 13.5. The fraction of sp³-hybridized carbons (Fsp3) is 0.556. The third-order valence-electron chi connectivity index (χ3n) is 8.90. The summed E-state index contributed by atoms with van der Waals surface area (Å²) in [7, 11) is -1.52. The summed E-state index contributed by atoms with van der Waals surface area (Å²) in [6.07, 6.45) is 2.63. The molecule has 5 atom stereocenters. The minimum absolute atomic E-state index is 0.0168. The molecule has 4 amide bonds. The molecular formula is C36H55BN6O6. The predicted octanol–water partition coefficient (Wildman–Crippen LogP) is 1.33. The molecule has 1 unspecified atom stereocenters. The zero-order valence-corrected chi connectivity index (χ0v) is 29.1. The Morgan fingerprint density at radius 2 is 1.51 bits per heavy atom. The lowest BCUT2D eigenvalue weighted by molar-refractivity contribution is -0.137. The van der Waals surface area contributed by atoms with E-state index in [2.05, 4.69) is 28.2 Å². The van der Waals surface area contributed by atoms with Gasteiger partial charge in [0.25, 0.3) is 0 Å². The lowest BCUT2D eigenvalue weighted by atomic mass is 9.72. The summed E-state index contributed by atoms with van der Waals surface area (Å²) < 4.78 is 0. The van der Waals surface area contributed by atoms with Crippen molar-refractivity contribution in [3.8, 4) is 0 Å². The number of amides is 4. The van der Waals surface area contributed by atoms with Gasteiger partial charge in [0.1, 0.15) is 18.1 Å². The number of carbonyl (C=O) groups excluding carboxylic acids is 4. The number of hydrogen-bond donors (Lipinski definition) is 7. The van der Waals surface area contributed by atoms with Crippen LogP contribution in [0.2, 0.25) is 5.82 Å². The number of nitrogens with one attached hydrogen (secondary N) is 4. The van der Waals surface area contributed by atoms with Crippen LogP contribution < -0.4 is 27.0 Å². The third kappa shape index (κ3) is 13.6. The van der Waals surface area contributed by atoms with E-state index in [0.717, 1.165) is 11.1 Å². The molecule has 8 N–H and O–H groups in total. The highest BCUT2D eigenvalue weighted by Gasteiger charge is 2.37. The summed E-state index contributed by atoms with van der Waals surface area (Å²) in [5.74, 6) is -1.86.